The lowest BCUT2D eigenvalue weighted by molar-refractivity contribution is 0.0951. The van der Waals surface area contributed by atoms with Gasteiger partial charge in [0.15, 0.2) is 0 Å². The Morgan fingerprint density at radius 1 is 1.00 bits per heavy atom. The van der Waals surface area contributed by atoms with E-state index in [9.17, 15) is 13.2 Å². The van der Waals surface area contributed by atoms with Crippen LogP contribution in [-0.2, 0) is 10.0 Å². The van der Waals surface area contributed by atoms with Gasteiger partial charge in [-0.15, -0.1) is 0 Å². The summed E-state index contributed by atoms with van der Waals surface area (Å²) in [7, 11) is -3.80. The third-order valence-electron chi connectivity index (χ3n) is 5.65. The van der Waals surface area contributed by atoms with Crippen molar-refractivity contribution in [1.82, 2.24) is 10.2 Å². The molecule has 1 fully saturated rings. The quantitative estimate of drug-likeness (QED) is 0.602. The minimum absolute atomic E-state index is 0.117. The third kappa shape index (κ3) is 6.80. The zero-order chi connectivity index (χ0) is 22.3. The Labute approximate surface area is 186 Å². The molecule has 1 heterocycles. The van der Waals surface area contributed by atoms with Crippen LogP contribution in [0.25, 0.3) is 0 Å². The molecule has 1 aliphatic heterocycles. The van der Waals surface area contributed by atoms with E-state index in [1.54, 1.807) is 37.3 Å². The van der Waals surface area contributed by atoms with Gasteiger partial charge in [-0.2, -0.15) is 0 Å². The largest absolute Gasteiger partial charge is 0.352 e. The summed E-state index contributed by atoms with van der Waals surface area (Å²) in [5.41, 5.74) is 2.41. The van der Waals surface area contributed by atoms with Gasteiger partial charge in [-0.25, -0.2) is 8.42 Å². The number of benzene rings is 2. The maximum Gasteiger partial charge on any atom is 0.262 e. The van der Waals surface area contributed by atoms with Crippen LogP contribution in [0.1, 0.15) is 53.6 Å². The topological polar surface area (TPSA) is 78.5 Å². The molecule has 6 nitrogen and oxygen atoms in total. The number of hydrogen-bond acceptors (Lipinski definition) is 4. The van der Waals surface area contributed by atoms with Crippen LogP contribution in [0.4, 0.5) is 5.69 Å². The molecule has 7 heteroatoms. The van der Waals surface area contributed by atoms with E-state index in [-0.39, 0.29) is 10.8 Å². The summed E-state index contributed by atoms with van der Waals surface area (Å²) in [6.45, 7) is 7.47. The van der Waals surface area contributed by atoms with Crippen molar-refractivity contribution >= 4 is 21.6 Å². The maximum atomic E-state index is 12.9. The van der Waals surface area contributed by atoms with Crippen LogP contribution in [0, 0.1) is 13.8 Å². The SMILES string of the molecule is Cc1cccc(NS(=O)(=O)c2cc(C(=O)NCCCN3CCCCCC3)ccc2C)c1. The highest BCUT2D eigenvalue weighted by Crippen LogP contribution is 2.21. The monoisotopic (exact) mass is 443 g/mol. The molecular formula is C24H33N3O3S. The van der Waals surface area contributed by atoms with Crippen molar-refractivity contribution in [2.45, 2.75) is 50.8 Å². The molecule has 0 unspecified atom stereocenters. The molecule has 0 radical (unpaired) electrons. The fourth-order valence-electron chi connectivity index (χ4n) is 3.92. The predicted molar refractivity (Wildman–Crippen MR) is 125 cm³/mol. The molecule has 0 aliphatic carbocycles. The van der Waals surface area contributed by atoms with Gasteiger partial charge in [-0.1, -0.05) is 31.0 Å². The number of aryl methyl sites for hydroxylation is 2. The molecule has 0 atom stereocenters. The maximum absolute atomic E-state index is 12.9. The Bertz CT molecular complexity index is 997. The van der Waals surface area contributed by atoms with Crippen LogP contribution in [0.3, 0.4) is 0 Å². The number of nitrogens with one attached hydrogen (secondary N) is 2. The van der Waals surface area contributed by atoms with Gasteiger partial charge in [-0.3, -0.25) is 9.52 Å². The van der Waals surface area contributed by atoms with Crippen molar-refractivity contribution in [2.75, 3.05) is 30.9 Å². The van der Waals surface area contributed by atoms with E-state index in [1.807, 2.05) is 13.0 Å². The van der Waals surface area contributed by atoms with E-state index in [0.29, 0.717) is 23.4 Å². The van der Waals surface area contributed by atoms with Gasteiger partial charge in [0.1, 0.15) is 0 Å². The van der Waals surface area contributed by atoms with Gasteiger partial charge in [0.05, 0.1) is 4.90 Å². The van der Waals surface area contributed by atoms with Crippen molar-refractivity contribution in [3.05, 3.63) is 59.2 Å². The lowest BCUT2D eigenvalue weighted by atomic mass is 10.1. The summed E-state index contributed by atoms with van der Waals surface area (Å²) in [4.78, 5) is 15.2. The van der Waals surface area contributed by atoms with Gasteiger partial charge in [0.25, 0.3) is 15.9 Å². The van der Waals surface area contributed by atoms with Gasteiger partial charge < -0.3 is 10.2 Å². The number of hydrogen-bond donors (Lipinski definition) is 2. The Morgan fingerprint density at radius 3 is 2.45 bits per heavy atom. The van der Waals surface area contributed by atoms with Crippen molar-refractivity contribution in [2.24, 2.45) is 0 Å². The average Bonchev–Trinajstić information content (AvgIpc) is 3.00. The normalized spacial score (nSPS) is 15.3. The Kier molecular flexibility index (Phi) is 8.09. The van der Waals surface area contributed by atoms with E-state index >= 15 is 0 Å². The summed E-state index contributed by atoms with van der Waals surface area (Å²) in [5, 5.41) is 2.93. The van der Waals surface area contributed by atoms with Crippen LogP contribution in [0.2, 0.25) is 0 Å². The smallest absolute Gasteiger partial charge is 0.262 e. The molecule has 168 valence electrons. The summed E-state index contributed by atoms with van der Waals surface area (Å²) in [5.74, 6) is -0.247. The van der Waals surface area contributed by atoms with Gasteiger partial charge in [0, 0.05) is 17.8 Å². The zero-order valence-electron chi connectivity index (χ0n) is 18.5. The Hall–Kier alpha value is -2.38. The van der Waals surface area contributed by atoms with E-state index in [0.717, 1.165) is 31.6 Å². The molecule has 1 aliphatic rings. The molecule has 2 aromatic carbocycles. The standard InChI is InChI=1S/C24H33N3O3S/c1-19-9-7-10-22(17-19)26-31(29,30)23-18-21(12-11-20(23)2)24(28)25-13-8-16-27-14-5-3-4-6-15-27/h7,9-12,17-18,26H,3-6,8,13-16H2,1-2H3,(H,25,28). The van der Waals surface area contributed by atoms with Crippen molar-refractivity contribution in [3.63, 3.8) is 0 Å². The van der Waals surface area contributed by atoms with Crippen molar-refractivity contribution in [1.29, 1.82) is 0 Å². The van der Waals surface area contributed by atoms with Crippen LogP contribution in [-0.4, -0.2) is 45.4 Å². The third-order valence-corrected chi connectivity index (χ3v) is 7.17. The highest BCUT2D eigenvalue weighted by Gasteiger charge is 2.19. The van der Waals surface area contributed by atoms with Gasteiger partial charge in [0.2, 0.25) is 0 Å². The van der Waals surface area contributed by atoms with Gasteiger partial charge >= 0.3 is 0 Å². The number of carbonyl (C=O) groups excluding carboxylic acids is 1. The zero-order valence-corrected chi connectivity index (χ0v) is 19.3. The minimum atomic E-state index is -3.80. The first-order chi connectivity index (χ1) is 14.8. The first-order valence-corrected chi connectivity index (χ1v) is 12.5. The van der Waals surface area contributed by atoms with E-state index in [2.05, 4.69) is 14.9 Å². The number of carbonyl (C=O) groups is 1. The second kappa shape index (κ2) is 10.8. The van der Waals surface area contributed by atoms with E-state index in [4.69, 9.17) is 0 Å². The van der Waals surface area contributed by atoms with Crippen LogP contribution < -0.4 is 10.0 Å². The molecular weight excluding hydrogens is 410 g/mol. The molecule has 0 aromatic heterocycles. The van der Waals surface area contributed by atoms with Gasteiger partial charge in [-0.05, 0) is 88.1 Å². The molecule has 1 saturated heterocycles. The number of likely N-dealkylation sites (tertiary alicyclic amines) is 1. The number of nitrogens with zero attached hydrogens (tertiary/aromatic N) is 1. The highest BCUT2D eigenvalue weighted by molar-refractivity contribution is 7.92. The molecule has 31 heavy (non-hydrogen) atoms. The molecule has 1 amide bonds. The lowest BCUT2D eigenvalue weighted by Crippen LogP contribution is -2.30. The molecule has 2 N–H and O–H groups in total. The molecule has 3 rings (SSSR count). The molecule has 2 aromatic rings. The number of anilines is 1. The predicted octanol–water partition coefficient (Wildman–Crippen LogP) is 4.10. The average molecular weight is 444 g/mol. The van der Waals surface area contributed by atoms with Crippen LogP contribution in [0.15, 0.2) is 47.4 Å². The fourth-order valence-corrected chi connectivity index (χ4v) is 5.24. The first-order valence-electron chi connectivity index (χ1n) is 11.1. The van der Waals surface area contributed by atoms with Crippen LogP contribution >= 0.6 is 0 Å². The minimum Gasteiger partial charge on any atom is -0.352 e. The Balaban J connectivity index is 1.60. The molecule has 0 bridgehead atoms. The Morgan fingerprint density at radius 2 is 1.74 bits per heavy atom. The fraction of sp³-hybridized carbons (Fsp3) is 0.458. The second-order valence-corrected chi connectivity index (χ2v) is 9.97. The molecule has 0 saturated carbocycles. The van der Waals surface area contributed by atoms with Crippen molar-refractivity contribution < 1.29 is 13.2 Å². The second-order valence-electron chi connectivity index (χ2n) is 8.32. The van der Waals surface area contributed by atoms with E-state index in [1.165, 1.54) is 31.7 Å². The molecule has 0 spiro atoms. The number of rotatable bonds is 8. The number of amides is 1. The van der Waals surface area contributed by atoms with Crippen LogP contribution in [0.5, 0.6) is 0 Å². The highest BCUT2D eigenvalue weighted by atomic mass is 32.2. The van der Waals surface area contributed by atoms with E-state index < -0.39 is 10.0 Å². The summed E-state index contributed by atoms with van der Waals surface area (Å²) >= 11 is 0. The first kappa shape index (κ1) is 23.3. The number of sulfonamides is 1. The summed E-state index contributed by atoms with van der Waals surface area (Å²) in [6, 6.07) is 12.0. The summed E-state index contributed by atoms with van der Waals surface area (Å²) in [6.07, 6.45) is 6.01. The lowest BCUT2D eigenvalue weighted by Gasteiger charge is -2.19. The summed E-state index contributed by atoms with van der Waals surface area (Å²) < 4.78 is 28.5. The van der Waals surface area contributed by atoms with Crippen molar-refractivity contribution in [3.8, 4) is 0 Å².